The zero-order valence-electron chi connectivity index (χ0n) is 15.0. The Bertz CT molecular complexity index is 533. The largest absolute Gasteiger partial charge is 0.461 e. The molecule has 0 spiro atoms. The van der Waals surface area contributed by atoms with Gasteiger partial charge >= 0.3 is 5.97 Å². The Kier molecular flexibility index (Phi) is 8.92. The van der Waals surface area contributed by atoms with Crippen molar-refractivity contribution in [1.82, 2.24) is 5.32 Å². The van der Waals surface area contributed by atoms with Crippen molar-refractivity contribution in [1.29, 1.82) is 0 Å². The Morgan fingerprint density at radius 2 is 1.92 bits per heavy atom. The summed E-state index contributed by atoms with van der Waals surface area (Å²) in [4.78, 5) is 14.2. The molecular weight excluding hydrogens is 342 g/mol. The second-order valence-corrected chi connectivity index (χ2v) is 7.25. The van der Waals surface area contributed by atoms with E-state index in [-0.39, 0.29) is 12.1 Å². The normalized spacial score (nSPS) is 11.8. The molecule has 7 heteroatoms. The van der Waals surface area contributed by atoms with Gasteiger partial charge in [0.2, 0.25) is 0 Å². The van der Waals surface area contributed by atoms with Gasteiger partial charge in [0.25, 0.3) is 0 Å². The molecule has 1 rings (SSSR count). The molecule has 0 aliphatic heterocycles. The van der Waals surface area contributed by atoms with Crippen molar-refractivity contribution in [2.45, 2.75) is 32.4 Å². The maximum Gasteiger partial charge on any atom is 0.328 e. The molecule has 0 aliphatic carbocycles. The van der Waals surface area contributed by atoms with Crippen molar-refractivity contribution in [3.05, 3.63) is 24.3 Å². The number of benzene rings is 1. The smallest absolute Gasteiger partial charge is 0.328 e. The third-order valence-corrected chi connectivity index (χ3v) is 4.06. The second kappa shape index (κ2) is 10.4. The Hall–Kier alpha value is -1.47. The van der Waals surface area contributed by atoms with Crippen LogP contribution in [0.1, 0.15) is 20.3 Å². The van der Waals surface area contributed by atoms with Gasteiger partial charge in [-0.3, -0.25) is 0 Å². The summed E-state index contributed by atoms with van der Waals surface area (Å²) >= 11 is 7.02. The molecule has 24 heavy (non-hydrogen) atoms. The van der Waals surface area contributed by atoms with Gasteiger partial charge in [-0.2, -0.15) is 11.8 Å². The first-order valence-electron chi connectivity index (χ1n) is 7.87. The molecule has 1 atom stereocenters. The van der Waals surface area contributed by atoms with Crippen molar-refractivity contribution in [3.63, 3.8) is 0 Å². The molecule has 2 N–H and O–H groups in total. The molecule has 0 aromatic heterocycles. The zero-order valence-corrected chi connectivity index (χ0v) is 16.6. The number of esters is 1. The molecule has 0 aliphatic rings. The number of thioether (sulfide) groups is 1. The fraction of sp³-hybridized carbons (Fsp3) is 0.529. The summed E-state index contributed by atoms with van der Waals surface area (Å²) in [5, 5.41) is 6.59. The molecule has 0 radical (unpaired) electrons. The number of rotatable bonds is 8. The van der Waals surface area contributed by atoms with Crippen LogP contribution >= 0.6 is 24.0 Å². The van der Waals surface area contributed by atoms with Gasteiger partial charge in [0, 0.05) is 25.5 Å². The first kappa shape index (κ1) is 20.6. The average Bonchev–Trinajstić information content (AvgIpc) is 2.51. The van der Waals surface area contributed by atoms with Crippen molar-refractivity contribution in [2.75, 3.05) is 36.3 Å². The van der Waals surface area contributed by atoms with Crippen LogP contribution in [0.15, 0.2) is 24.3 Å². The van der Waals surface area contributed by atoms with Crippen LogP contribution in [-0.4, -0.2) is 49.3 Å². The van der Waals surface area contributed by atoms with Crippen LogP contribution in [0.3, 0.4) is 0 Å². The molecule has 0 amide bonds. The van der Waals surface area contributed by atoms with Crippen LogP contribution in [0.25, 0.3) is 0 Å². The molecule has 0 fully saturated rings. The molecule has 0 heterocycles. The number of ether oxygens (including phenoxy) is 1. The lowest BCUT2D eigenvalue weighted by Gasteiger charge is -2.21. The minimum atomic E-state index is -0.444. The standard InChI is InChI=1S/C17H27N3O2S2/c1-12(2)22-16(21)15(10-11-24-5)19-17(23)18-13-6-8-14(9-7-13)20(3)4/h6-9,12,15H,10-11H2,1-5H3,(H2,18,19,23). The summed E-state index contributed by atoms with van der Waals surface area (Å²) in [7, 11) is 3.98. The molecule has 1 unspecified atom stereocenters. The van der Waals surface area contributed by atoms with Crippen molar-refractivity contribution < 1.29 is 9.53 Å². The topological polar surface area (TPSA) is 53.6 Å². The van der Waals surface area contributed by atoms with Gasteiger partial charge in [-0.25, -0.2) is 4.79 Å². The highest BCUT2D eigenvalue weighted by molar-refractivity contribution is 7.98. The van der Waals surface area contributed by atoms with E-state index in [9.17, 15) is 4.79 Å². The molecule has 0 saturated carbocycles. The summed E-state index contributed by atoms with van der Waals surface area (Å²) in [6.45, 7) is 3.68. The summed E-state index contributed by atoms with van der Waals surface area (Å²) in [6.07, 6.45) is 2.53. The lowest BCUT2D eigenvalue weighted by atomic mass is 10.2. The van der Waals surface area contributed by atoms with E-state index in [0.717, 1.165) is 17.1 Å². The van der Waals surface area contributed by atoms with Crippen LogP contribution in [0.2, 0.25) is 0 Å². The maximum absolute atomic E-state index is 12.2. The Labute approximate surface area is 154 Å². The van der Waals surface area contributed by atoms with Crippen LogP contribution in [-0.2, 0) is 9.53 Å². The summed E-state index contributed by atoms with van der Waals surface area (Å²) in [5.41, 5.74) is 1.98. The van der Waals surface area contributed by atoms with E-state index >= 15 is 0 Å². The predicted molar refractivity (Wildman–Crippen MR) is 108 cm³/mol. The van der Waals surface area contributed by atoms with Gasteiger partial charge < -0.3 is 20.3 Å². The van der Waals surface area contributed by atoms with Gasteiger partial charge in [-0.15, -0.1) is 0 Å². The number of anilines is 2. The number of nitrogens with zero attached hydrogens (tertiary/aromatic N) is 1. The van der Waals surface area contributed by atoms with E-state index in [4.69, 9.17) is 17.0 Å². The number of nitrogens with one attached hydrogen (secondary N) is 2. The average molecular weight is 370 g/mol. The first-order chi connectivity index (χ1) is 11.3. The minimum Gasteiger partial charge on any atom is -0.461 e. The lowest BCUT2D eigenvalue weighted by Crippen LogP contribution is -2.44. The lowest BCUT2D eigenvalue weighted by molar-refractivity contribution is -0.149. The van der Waals surface area contributed by atoms with Gasteiger partial charge in [0.15, 0.2) is 5.11 Å². The predicted octanol–water partition coefficient (Wildman–Crippen LogP) is 3.11. The second-order valence-electron chi connectivity index (χ2n) is 5.86. The van der Waals surface area contributed by atoms with E-state index in [1.165, 1.54) is 0 Å². The van der Waals surface area contributed by atoms with E-state index in [0.29, 0.717) is 11.5 Å². The SMILES string of the molecule is CSCCC(NC(=S)Nc1ccc(N(C)C)cc1)C(=O)OC(C)C. The first-order valence-corrected chi connectivity index (χ1v) is 9.68. The van der Waals surface area contributed by atoms with Crippen LogP contribution in [0.4, 0.5) is 11.4 Å². The van der Waals surface area contributed by atoms with Crippen molar-refractivity contribution in [2.24, 2.45) is 0 Å². The van der Waals surface area contributed by atoms with Crippen LogP contribution in [0.5, 0.6) is 0 Å². The molecule has 1 aromatic carbocycles. The number of hydrogen-bond acceptors (Lipinski definition) is 5. The number of hydrogen-bond donors (Lipinski definition) is 2. The summed E-state index contributed by atoms with van der Waals surface area (Å²) in [6, 6.07) is 7.46. The minimum absolute atomic E-state index is 0.142. The van der Waals surface area contributed by atoms with Gasteiger partial charge in [-0.05, 0) is 68.8 Å². The van der Waals surface area contributed by atoms with Gasteiger partial charge in [-0.1, -0.05) is 0 Å². The molecular formula is C17H27N3O2S2. The molecule has 0 saturated heterocycles. The third kappa shape index (κ3) is 7.40. The van der Waals surface area contributed by atoms with E-state index in [2.05, 4.69) is 10.6 Å². The van der Waals surface area contributed by atoms with Gasteiger partial charge in [0.1, 0.15) is 6.04 Å². The van der Waals surface area contributed by atoms with Crippen molar-refractivity contribution in [3.8, 4) is 0 Å². The van der Waals surface area contributed by atoms with Crippen LogP contribution < -0.4 is 15.5 Å². The zero-order chi connectivity index (χ0) is 18.1. The highest BCUT2D eigenvalue weighted by atomic mass is 32.2. The van der Waals surface area contributed by atoms with Crippen molar-refractivity contribution >= 4 is 46.4 Å². The third-order valence-electron chi connectivity index (χ3n) is 3.19. The quantitative estimate of drug-likeness (QED) is 0.539. The highest BCUT2D eigenvalue weighted by Gasteiger charge is 2.21. The maximum atomic E-state index is 12.2. The van der Waals surface area contributed by atoms with Gasteiger partial charge in [0.05, 0.1) is 6.10 Å². The monoisotopic (exact) mass is 369 g/mol. The molecule has 0 bridgehead atoms. The van der Waals surface area contributed by atoms with E-state index < -0.39 is 6.04 Å². The molecule has 5 nitrogen and oxygen atoms in total. The number of carbonyl (C=O) groups is 1. The molecule has 134 valence electrons. The summed E-state index contributed by atoms with van der Waals surface area (Å²) < 4.78 is 5.30. The van der Waals surface area contributed by atoms with Crippen LogP contribution in [0, 0.1) is 0 Å². The fourth-order valence-corrected chi connectivity index (χ4v) is 2.70. The Morgan fingerprint density at radius 3 is 2.42 bits per heavy atom. The fourth-order valence-electron chi connectivity index (χ4n) is 1.97. The van der Waals surface area contributed by atoms with E-state index in [1.807, 2.05) is 63.4 Å². The summed E-state index contributed by atoms with van der Waals surface area (Å²) in [5.74, 6) is 0.580. The number of thiocarbonyl (C=S) groups is 1. The molecule has 1 aromatic rings. The van der Waals surface area contributed by atoms with E-state index in [1.54, 1.807) is 11.8 Å². The Morgan fingerprint density at radius 1 is 1.29 bits per heavy atom. The number of carbonyl (C=O) groups excluding carboxylic acids is 1. The Balaban J connectivity index is 2.64. The highest BCUT2D eigenvalue weighted by Crippen LogP contribution is 2.15.